The Bertz CT molecular complexity index is 821. The quantitative estimate of drug-likeness (QED) is 0.515. The summed E-state index contributed by atoms with van der Waals surface area (Å²) in [5, 5.41) is 27.5. The summed E-state index contributed by atoms with van der Waals surface area (Å²) in [4.78, 5) is 33.2. The average Bonchev–Trinajstić information content (AvgIpc) is 2.88. The molecule has 1 aliphatic heterocycles. The van der Waals surface area contributed by atoms with E-state index in [-0.39, 0.29) is 0 Å². The van der Waals surface area contributed by atoms with Crippen LogP contribution < -0.4 is 5.73 Å². The molecule has 0 aliphatic carbocycles. The summed E-state index contributed by atoms with van der Waals surface area (Å²) in [6, 6.07) is 2.94. The molecule has 0 aromatic heterocycles. The van der Waals surface area contributed by atoms with Gasteiger partial charge in [0.25, 0.3) is 0 Å². The number of benzene rings is 1. The molecule has 0 bridgehead atoms. The van der Waals surface area contributed by atoms with Crippen LogP contribution in [0.1, 0.15) is 16.8 Å². The van der Waals surface area contributed by atoms with E-state index in [9.17, 15) is 27.9 Å². The molecule has 11 heteroatoms. The first-order valence-electron chi connectivity index (χ1n) is 6.60. The van der Waals surface area contributed by atoms with E-state index in [1.165, 1.54) is 12.1 Å². The number of carbonyl (C=O) groups is 3. The van der Waals surface area contributed by atoms with Gasteiger partial charge in [-0.25, -0.2) is 13.2 Å². The largest absolute Gasteiger partial charge is 0.480 e. The van der Waals surface area contributed by atoms with Crippen LogP contribution in [0.25, 0.3) is 0 Å². The van der Waals surface area contributed by atoms with Gasteiger partial charge in [-0.3, -0.25) is 9.59 Å². The molecule has 0 spiro atoms. The topological polar surface area (TPSA) is 175 Å². The highest BCUT2D eigenvalue weighted by atomic mass is 32.2. The van der Waals surface area contributed by atoms with Gasteiger partial charge in [0.2, 0.25) is 10.0 Å². The normalized spacial score (nSPS) is 24.6. The molecule has 1 aromatic rings. The van der Waals surface area contributed by atoms with Gasteiger partial charge in [-0.1, -0.05) is 12.1 Å². The third-order valence-corrected chi connectivity index (χ3v) is 5.67. The fraction of sp³-hybridized carbons (Fsp3) is 0.308. The molecule has 5 N–H and O–H groups in total. The first kappa shape index (κ1) is 17.8. The van der Waals surface area contributed by atoms with Crippen molar-refractivity contribution in [3.63, 3.8) is 0 Å². The molecule has 10 nitrogen and oxygen atoms in total. The van der Waals surface area contributed by atoms with Gasteiger partial charge >= 0.3 is 17.9 Å². The van der Waals surface area contributed by atoms with Gasteiger partial charge in [0, 0.05) is 13.0 Å². The lowest BCUT2D eigenvalue weighted by Gasteiger charge is -2.22. The number of sulfonamides is 1. The molecule has 1 heterocycles. The van der Waals surface area contributed by atoms with Crippen LogP contribution in [0, 0.1) is 0 Å². The van der Waals surface area contributed by atoms with E-state index >= 15 is 0 Å². The zero-order chi connectivity index (χ0) is 18.3. The van der Waals surface area contributed by atoms with Gasteiger partial charge in [0.15, 0.2) is 0 Å². The molecule has 1 aliphatic rings. The lowest BCUT2D eigenvalue weighted by Crippen LogP contribution is -2.50. The molecule has 24 heavy (non-hydrogen) atoms. The second-order valence-electron chi connectivity index (χ2n) is 5.37. The Morgan fingerprint density at radius 3 is 2.25 bits per heavy atom. The standard InChI is InChI=1S/C13H14N2O8S/c14-13(12(20)21)5-8(11(18)19)15(6-13)24(22,23)9-4-2-1-3-7(9)10(16)17/h1-4,8H,5-6,14H2,(H,16,17)(H,18,19)(H,20,21)/t8-,13-/m0/s1. The minimum Gasteiger partial charge on any atom is -0.480 e. The van der Waals surface area contributed by atoms with Gasteiger partial charge < -0.3 is 21.1 Å². The van der Waals surface area contributed by atoms with Crippen molar-refractivity contribution < 1.29 is 38.1 Å². The maximum absolute atomic E-state index is 12.7. The van der Waals surface area contributed by atoms with Gasteiger partial charge in [-0.05, 0) is 12.1 Å². The second kappa shape index (κ2) is 5.85. The Balaban J connectivity index is 2.58. The van der Waals surface area contributed by atoms with Crippen LogP contribution in [0.4, 0.5) is 0 Å². The van der Waals surface area contributed by atoms with E-state index in [0.717, 1.165) is 12.1 Å². The third-order valence-electron chi connectivity index (χ3n) is 3.76. The average molecular weight is 358 g/mol. The van der Waals surface area contributed by atoms with Crippen LogP contribution in [0.2, 0.25) is 0 Å². The van der Waals surface area contributed by atoms with Crippen molar-refractivity contribution in [2.45, 2.75) is 22.9 Å². The molecule has 0 unspecified atom stereocenters. The third kappa shape index (κ3) is 2.84. The van der Waals surface area contributed by atoms with E-state index < -0.39 is 62.9 Å². The zero-order valence-corrected chi connectivity index (χ0v) is 12.9. The number of carboxylic acid groups (broad SMARTS) is 3. The van der Waals surface area contributed by atoms with Crippen LogP contribution in [0.5, 0.6) is 0 Å². The second-order valence-corrected chi connectivity index (χ2v) is 7.23. The number of aromatic carboxylic acids is 1. The fourth-order valence-corrected chi connectivity index (χ4v) is 4.35. The summed E-state index contributed by atoms with van der Waals surface area (Å²) < 4.78 is 25.9. The van der Waals surface area contributed by atoms with Crippen LogP contribution in [-0.4, -0.2) is 64.1 Å². The molecule has 2 atom stereocenters. The van der Waals surface area contributed by atoms with E-state index in [0.29, 0.717) is 4.31 Å². The number of rotatable bonds is 5. The summed E-state index contributed by atoms with van der Waals surface area (Å²) >= 11 is 0. The molecule has 0 radical (unpaired) electrons. The van der Waals surface area contributed by atoms with E-state index in [2.05, 4.69) is 0 Å². The number of hydrogen-bond acceptors (Lipinski definition) is 6. The summed E-state index contributed by atoms with van der Waals surface area (Å²) in [6.45, 7) is -0.782. The Hall–Kier alpha value is -2.50. The van der Waals surface area contributed by atoms with Crippen LogP contribution in [-0.2, 0) is 19.6 Å². The van der Waals surface area contributed by atoms with Crippen molar-refractivity contribution in [3.05, 3.63) is 29.8 Å². The highest BCUT2D eigenvalue weighted by Gasteiger charge is 2.54. The summed E-state index contributed by atoms with van der Waals surface area (Å²) in [5.41, 5.74) is 2.98. The molecular formula is C13H14N2O8S. The molecule has 0 amide bonds. The molecule has 1 saturated heterocycles. The SMILES string of the molecule is N[C@@]1(C(=O)O)C[C@@H](C(=O)O)N(S(=O)(=O)c2ccccc2C(=O)O)C1. The van der Waals surface area contributed by atoms with Gasteiger partial charge in [0.05, 0.1) is 10.5 Å². The Labute approximate surface area is 136 Å². The zero-order valence-electron chi connectivity index (χ0n) is 12.1. The maximum atomic E-state index is 12.7. The fourth-order valence-electron chi connectivity index (χ4n) is 2.51. The number of aliphatic carboxylic acids is 2. The highest BCUT2D eigenvalue weighted by Crippen LogP contribution is 2.32. The summed E-state index contributed by atoms with van der Waals surface area (Å²) in [7, 11) is -4.58. The summed E-state index contributed by atoms with van der Waals surface area (Å²) in [5.74, 6) is -4.63. The van der Waals surface area contributed by atoms with Crippen molar-refractivity contribution in [1.29, 1.82) is 0 Å². The molecular weight excluding hydrogens is 344 g/mol. The number of hydrogen-bond donors (Lipinski definition) is 4. The minimum absolute atomic E-state index is 0.422. The van der Waals surface area contributed by atoms with E-state index in [1.54, 1.807) is 0 Å². The molecule has 2 rings (SSSR count). The van der Waals surface area contributed by atoms with Crippen LogP contribution >= 0.6 is 0 Å². The lowest BCUT2D eigenvalue weighted by atomic mass is 9.98. The Morgan fingerprint density at radius 2 is 1.75 bits per heavy atom. The van der Waals surface area contributed by atoms with Crippen molar-refractivity contribution in [2.24, 2.45) is 5.73 Å². The molecule has 1 aromatic carbocycles. The predicted molar refractivity (Wildman–Crippen MR) is 77.9 cm³/mol. The number of nitrogens with zero attached hydrogens (tertiary/aromatic N) is 1. The van der Waals surface area contributed by atoms with Crippen molar-refractivity contribution >= 4 is 27.9 Å². The smallest absolute Gasteiger partial charge is 0.337 e. The number of carboxylic acids is 3. The van der Waals surface area contributed by atoms with Crippen LogP contribution in [0.3, 0.4) is 0 Å². The minimum atomic E-state index is -4.58. The Kier molecular flexibility index (Phi) is 4.35. The van der Waals surface area contributed by atoms with Gasteiger partial charge in [-0.2, -0.15) is 4.31 Å². The first-order chi connectivity index (χ1) is 11.0. The van der Waals surface area contributed by atoms with Gasteiger partial charge in [-0.15, -0.1) is 0 Å². The summed E-state index contributed by atoms with van der Waals surface area (Å²) in [6.07, 6.45) is -0.633. The van der Waals surface area contributed by atoms with Crippen molar-refractivity contribution in [2.75, 3.05) is 6.54 Å². The first-order valence-corrected chi connectivity index (χ1v) is 8.04. The molecule has 1 fully saturated rings. The van der Waals surface area contributed by atoms with Crippen molar-refractivity contribution in [1.82, 2.24) is 4.31 Å². The predicted octanol–water partition coefficient (Wildman–Crippen LogP) is -0.985. The maximum Gasteiger partial charge on any atom is 0.337 e. The number of nitrogens with two attached hydrogens (primary N) is 1. The Morgan fingerprint density at radius 1 is 1.17 bits per heavy atom. The highest BCUT2D eigenvalue weighted by molar-refractivity contribution is 7.89. The van der Waals surface area contributed by atoms with E-state index in [4.69, 9.17) is 15.9 Å². The van der Waals surface area contributed by atoms with Crippen LogP contribution in [0.15, 0.2) is 29.2 Å². The lowest BCUT2D eigenvalue weighted by molar-refractivity contribution is -0.142. The monoisotopic (exact) mass is 358 g/mol. The van der Waals surface area contributed by atoms with E-state index in [1.807, 2.05) is 0 Å². The molecule has 0 saturated carbocycles. The van der Waals surface area contributed by atoms with Gasteiger partial charge in [0.1, 0.15) is 11.6 Å². The van der Waals surface area contributed by atoms with Crippen molar-refractivity contribution in [3.8, 4) is 0 Å². The molecule has 130 valence electrons.